The van der Waals surface area contributed by atoms with Gasteiger partial charge in [0.15, 0.2) is 0 Å². The summed E-state index contributed by atoms with van der Waals surface area (Å²) in [5.41, 5.74) is 1.19. The molecule has 0 spiro atoms. The largest absolute Gasteiger partial charge is 0.379 e. The van der Waals surface area contributed by atoms with Gasteiger partial charge in [-0.15, -0.1) is 11.3 Å². The lowest BCUT2D eigenvalue weighted by molar-refractivity contribution is 0.00662. The molecule has 0 aromatic carbocycles. The predicted molar refractivity (Wildman–Crippen MR) is 85.4 cm³/mol. The van der Waals surface area contributed by atoms with Crippen molar-refractivity contribution >= 4 is 11.3 Å². The standard InChI is InChI=1S/C16H28N2OS/c1-15(2,3)13-10-20-14(18-13)12(17-11-7-8-11)9-16(4,5)19-6/h10-12,17H,7-9H2,1-6H3. The molecule has 1 aliphatic carbocycles. The number of nitrogens with zero attached hydrogens (tertiary/aromatic N) is 1. The van der Waals surface area contributed by atoms with Gasteiger partial charge in [-0.05, 0) is 33.1 Å². The highest BCUT2D eigenvalue weighted by Crippen LogP contribution is 2.34. The molecule has 1 unspecified atom stereocenters. The first-order valence-electron chi connectivity index (χ1n) is 7.48. The van der Waals surface area contributed by atoms with Gasteiger partial charge in [0.2, 0.25) is 0 Å². The molecule has 1 fully saturated rings. The molecule has 4 heteroatoms. The Balaban J connectivity index is 2.15. The van der Waals surface area contributed by atoms with Gasteiger partial charge >= 0.3 is 0 Å². The average Bonchev–Trinajstić information content (AvgIpc) is 3.00. The third-order valence-corrected chi connectivity index (χ3v) is 4.81. The van der Waals surface area contributed by atoms with Crippen molar-refractivity contribution < 1.29 is 4.74 Å². The molecule has 1 aliphatic rings. The molecule has 1 saturated carbocycles. The number of hydrogen-bond acceptors (Lipinski definition) is 4. The van der Waals surface area contributed by atoms with Crippen LogP contribution >= 0.6 is 11.3 Å². The molecule has 0 aliphatic heterocycles. The molecule has 3 nitrogen and oxygen atoms in total. The van der Waals surface area contributed by atoms with Gasteiger partial charge in [0.05, 0.1) is 17.3 Å². The van der Waals surface area contributed by atoms with Crippen LogP contribution in [0.2, 0.25) is 0 Å². The van der Waals surface area contributed by atoms with E-state index in [9.17, 15) is 0 Å². The molecular formula is C16H28N2OS. The van der Waals surface area contributed by atoms with E-state index in [1.54, 1.807) is 18.4 Å². The van der Waals surface area contributed by atoms with Crippen LogP contribution in [0.1, 0.15) is 70.6 Å². The Kier molecular flexibility index (Phi) is 4.57. The minimum atomic E-state index is -0.125. The number of hydrogen-bond donors (Lipinski definition) is 1. The van der Waals surface area contributed by atoms with E-state index >= 15 is 0 Å². The first kappa shape index (κ1) is 15.9. The quantitative estimate of drug-likeness (QED) is 0.860. The Labute approximate surface area is 127 Å². The van der Waals surface area contributed by atoms with Crippen LogP contribution in [-0.4, -0.2) is 23.7 Å². The lowest BCUT2D eigenvalue weighted by atomic mass is 9.93. The van der Waals surface area contributed by atoms with Gasteiger partial charge in [-0.2, -0.15) is 0 Å². The second kappa shape index (κ2) is 5.74. The Morgan fingerprint density at radius 3 is 2.45 bits per heavy atom. The lowest BCUT2D eigenvalue weighted by Crippen LogP contribution is -2.33. The molecule has 0 radical (unpaired) electrons. The minimum absolute atomic E-state index is 0.121. The SMILES string of the molecule is COC(C)(C)CC(NC1CC1)c1nc(C(C)(C)C)cs1. The van der Waals surface area contributed by atoms with E-state index in [2.05, 4.69) is 45.3 Å². The summed E-state index contributed by atoms with van der Waals surface area (Å²) in [6.45, 7) is 10.9. The zero-order chi connectivity index (χ0) is 15.0. The first-order chi connectivity index (χ1) is 9.21. The Hall–Kier alpha value is -0.450. The maximum Gasteiger partial charge on any atom is 0.110 e. The van der Waals surface area contributed by atoms with E-state index in [1.807, 2.05) is 0 Å². The average molecular weight is 296 g/mol. The van der Waals surface area contributed by atoms with E-state index in [0.29, 0.717) is 12.1 Å². The number of thiazole rings is 1. The van der Waals surface area contributed by atoms with Gasteiger partial charge in [0.25, 0.3) is 0 Å². The van der Waals surface area contributed by atoms with Crippen molar-refractivity contribution in [3.05, 3.63) is 16.1 Å². The number of ether oxygens (including phenoxy) is 1. The second-order valence-electron chi connectivity index (χ2n) is 7.48. The second-order valence-corrected chi connectivity index (χ2v) is 8.37. The zero-order valence-electron chi connectivity index (χ0n) is 13.6. The van der Waals surface area contributed by atoms with E-state index in [0.717, 1.165) is 6.42 Å². The van der Waals surface area contributed by atoms with Crippen molar-refractivity contribution in [2.75, 3.05) is 7.11 Å². The van der Waals surface area contributed by atoms with E-state index in [1.165, 1.54) is 23.5 Å². The minimum Gasteiger partial charge on any atom is -0.379 e. The van der Waals surface area contributed by atoms with Crippen LogP contribution in [0, 0.1) is 0 Å². The van der Waals surface area contributed by atoms with Crippen LogP contribution < -0.4 is 5.32 Å². The molecule has 0 saturated heterocycles. The molecule has 2 rings (SSSR count). The van der Waals surface area contributed by atoms with Crippen LogP contribution in [0.25, 0.3) is 0 Å². The van der Waals surface area contributed by atoms with Gasteiger partial charge in [0.1, 0.15) is 5.01 Å². The molecule has 1 atom stereocenters. The molecule has 114 valence electrons. The van der Waals surface area contributed by atoms with E-state index in [4.69, 9.17) is 9.72 Å². The maximum atomic E-state index is 5.60. The van der Waals surface area contributed by atoms with Crippen LogP contribution in [0.4, 0.5) is 0 Å². The van der Waals surface area contributed by atoms with Crippen molar-refractivity contribution in [2.45, 2.75) is 77.0 Å². The fourth-order valence-corrected chi connectivity index (χ4v) is 3.22. The topological polar surface area (TPSA) is 34.1 Å². The number of aromatic nitrogens is 1. The number of methoxy groups -OCH3 is 1. The summed E-state index contributed by atoms with van der Waals surface area (Å²) in [5.74, 6) is 0. The summed E-state index contributed by atoms with van der Waals surface area (Å²) in [7, 11) is 1.79. The molecule has 1 N–H and O–H groups in total. The van der Waals surface area contributed by atoms with E-state index < -0.39 is 0 Å². The maximum absolute atomic E-state index is 5.60. The van der Waals surface area contributed by atoms with Crippen LogP contribution in [0.3, 0.4) is 0 Å². The number of nitrogens with one attached hydrogen (secondary N) is 1. The highest BCUT2D eigenvalue weighted by molar-refractivity contribution is 7.09. The normalized spacial score (nSPS) is 18.3. The van der Waals surface area contributed by atoms with Crippen molar-refractivity contribution in [1.82, 2.24) is 10.3 Å². The third-order valence-electron chi connectivity index (χ3n) is 3.85. The van der Waals surface area contributed by atoms with Crippen molar-refractivity contribution in [3.8, 4) is 0 Å². The van der Waals surface area contributed by atoms with Crippen molar-refractivity contribution in [3.63, 3.8) is 0 Å². The molecule has 20 heavy (non-hydrogen) atoms. The Morgan fingerprint density at radius 1 is 1.35 bits per heavy atom. The fraction of sp³-hybridized carbons (Fsp3) is 0.812. The van der Waals surface area contributed by atoms with Gasteiger partial charge in [0, 0.05) is 23.9 Å². The lowest BCUT2D eigenvalue weighted by Gasteiger charge is -2.28. The van der Waals surface area contributed by atoms with Crippen LogP contribution in [0.5, 0.6) is 0 Å². The summed E-state index contributed by atoms with van der Waals surface area (Å²) >= 11 is 1.78. The summed E-state index contributed by atoms with van der Waals surface area (Å²) < 4.78 is 5.60. The number of rotatable bonds is 6. The van der Waals surface area contributed by atoms with Crippen molar-refractivity contribution in [1.29, 1.82) is 0 Å². The first-order valence-corrected chi connectivity index (χ1v) is 8.36. The summed E-state index contributed by atoms with van der Waals surface area (Å²) in [6, 6.07) is 0.980. The predicted octanol–water partition coefficient (Wildman–Crippen LogP) is 4.05. The Bertz CT molecular complexity index is 444. The highest BCUT2D eigenvalue weighted by atomic mass is 32.1. The molecule has 1 aromatic heterocycles. The monoisotopic (exact) mass is 296 g/mol. The van der Waals surface area contributed by atoms with Crippen LogP contribution in [0.15, 0.2) is 5.38 Å². The molecular weight excluding hydrogens is 268 g/mol. The Morgan fingerprint density at radius 2 is 2.00 bits per heavy atom. The summed E-state index contributed by atoms with van der Waals surface area (Å²) in [5, 5.41) is 7.14. The van der Waals surface area contributed by atoms with E-state index in [-0.39, 0.29) is 11.0 Å². The smallest absolute Gasteiger partial charge is 0.110 e. The van der Waals surface area contributed by atoms with Gasteiger partial charge in [-0.25, -0.2) is 4.98 Å². The highest BCUT2D eigenvalue weighted by Gasteiger charge is 2.32. The summed E-state index contributed by atoms with van der Waals surface area (Å²) in [4.78, 5) is 4.88. The van der Waals surface area contributed by atoms with Gasteiger partial charge in [-0.1, -0.05) is 20.8 Å². The third kappa shape index (κ3) is 4.27. The van der Waals surface area contributed by atoms with Crippen LogP contribution in [-0.2, 0) is 10.2 Å². The van der Waals surface area contributed by atoms with Gasteiger partial charge < -0.3 is 10.1 Å². The fourth-order valence-electron chi connectivity index (χ4n) is 2.12. The molecule has 0 amide bonds. The molecule has 1 aromatic rings. The van der Waals surface area contributed by atoms with Gasteiger partial charge in [-0.3, -0.25) is 0 Å². The van der Waals surface area contributed by atoms with Crippen molar-refractivity contribution in [2.24, 2.45) is 0 Å². The molecule has 0 bridgehead atoms. The molecule has 1 heterocycles. The summed E-state index contributed by atoms with van der Waals surface area (Å²) in [6.07, 6.45) is 3.54. The zero-order valence-corrected chi connectivity index (χ0v) is 14.4.